The molecule has 122 valence electrons. The summed E-state index contributed by atoms with van der Waals surface area (Å²) >= 11 is 0. The van der Waals surface area contributed by atoms with Crippen LogP contribution >= 0.6 is 0 Å². The number of carbonyl (C=O) groups is 1. The molecule has 2 aromatic carbocycles. The molecule has 4 nitrogen and oxygen atoms in total. The maximum absolute atomic E-state index is 12.7. The topological polar surface area (TPSA) is 55.8 Å². The lowest BCUT2D eigenvalue weighted by molar-refractivity contribution is -0.216. The molecule has 0 fully saturated rings. The third-order valence-electron chi connectivity index (χ3n) is 3.52. The van der Waals surface area contributed by atoms with E-state index in [1.807, 2.05) is 60.7 Å². The zero-order valence-corrected chi connectivity index (χ0v) is 13.6. The Kier molecular flexibility index (Phi) is 5.53. The number of benzene rings is 2. The fourth-order valence-corrected chi connectivity index (χ4v) is 2.41. The van der Waals surface area contributed by atoms with Crippen LogP contribution in [0, 0.1) is 0 Å². The number of rotatable bonds is 6. The SMILES string of the molecule is COC(OC(=O)C(c1ccccc1)c1ccccc1)C(C)(C)O. The third kappa shape index (κ3) is 4.41. The van der Waals surface area contributed by atoms with E-state index in [2.05, 4.69) is 0 Å². The minimum atomic E-state index is -1.29. The average Bonchev–Trinajstić information content (AvgIpc) is 2.54. The molecular formula is C19H22O4. The zero-order chi connectivity index (χ0) is 16.9. The largest absolute Gasteiger partial charge is 0.432 e. The van der Waals surface area contributed by atoms with Gasteiger partial charge in [-0.3, -0.25) is 4.79 Å². The van der Waals surface area contributed by atoms with E-state index in [9.17, 15) is 9.90 Å². The van der Waals surface area contributed by atoms with Gasteiger partial charge in [-0.2, -0.15) is 0 Å². The van der Waals surface area contributed by atoms with Crippen LogP contribution in [0.4, 0.5) is 0 Å². The van der Waals surface area contributed by atoms with Crippen LogP contribution in [-0.4, -0.2) is 30.1 Å². The van der Waals surface area contributed by atoms with Gasteiger partial charge in [-0.05, 0) is 25.0 Å². The van der Waals surface area contributed by atoms with Crippen LogP contribution in [0.25, 0.3) is 0 Å². The smallest absolute Gasteiger partial charge is 0.320 e. The lowest BCUT2D eigenvalue weighted by atomic mass is 9.91. The molecule has 0 aliphatic carbocycles. The second-order valence-electron chi connectivity index (χ2n) is 5.91. The van der Waals surface area contributed by atoms with Crippen molar-refractivity contribution in [3.8, 4) is 0 Å². The first-order chi connectivity index (χ1) is 10.9. The minimum Gasteiger partial charge on any atom is -0.432 e. The zero-order valence-electron chi connectivity index (χ0n) is 13.6. The highest BCUT2D eigenvalue weighted by Gasteiger charge is 2.34. The number of methoxy groups -OCH3 is 1. The van der Waals surface area contributed by atoms with Crippen LogP contribution < -0.4 is 0 Å². The summed E-state index contributed by atoms with van der Waals surface area (Å²) in [7, 11) is 1.40. The summed E-state index contributed by atoms with van der Waals surface area (Å²) < 4.78 is 10.5. The molecule has 0 saturated carbocycles. The van der Waals surface area contributed by atoms with E-state index >= 15 is 0 Å². The molecule has 0 saturated heterocycles. The van der Waals surface area contributed by atoms with E-state index in [1.165, 1.54) is 21.0 Å². The Bertz CT molecular complexity index is 577. The summed E-state index contributed by atoms with van der Waals surface area (Å²) in [5, 5.41) is 10.0. The summed E-state index contributed by atoms with van der Waals surface area (Å²) in [4.78, 5) is 12.7. The Morgan fingerprint density at radius 2 is 1.39 bits per heavy atom. The number of ether oxygens (including phenoxy) is 2. The van der Waals surface area contributed by atoms with Crippen LogP contribution in [0.5, 0.6) is 0 Å². The molecule has 4 heteroatoms. The highest BCUT2D eigenvalue weighted by Crippen LogP contribution is 2.27. The Morgan fingerprint density at radius 1 is 0.957 bits per heavy atom. The van der Waals surface area contributed by atoms with E-state index in [4.69, 9.17) is 9.47 Å². The highest BCUT2D eigenvalue weighted by molar-refractivity contribution is 5.82. The van der Waals surface area contributed by atoms with Crippen LogP contribution in [0.1, 0.15) is 30.9 Å². The van der Waals surface area contributed by atoms with E-state index in [1.54, 1.807) is 0 Å². The van der Waals surface area contributed by atoms with Crippen molar-refractivity contribution in [1.29, 1.82) is 0 Å². The van der Waals surface area contributed by atoms with E-state index in [-0.39, 0.29) is 0 Å². The molecule has 23 heavy (non-hydrogen) atoms. The summed E-state index contributed by atoms with van der Waals surface area (Å²) in [6, 6.07) is 18.8. The molecule has 0 aromatic heterocycles. The fourth-order valence-electron chi connectivity index (χ4n) is 2.41. The normalized spacial score (nSPS) is 12.9. The van der Waals surface area contributed by atoms with Crippen LogP contribution in [0.3, 0.4) is 0 Å². The van der Waals surface area contributed by atoms with Crippen molar-refractivity contribution < 1.29 is 19.4 Å². The molecule has 0 heterocycles. The molecule has 2 rings (SSSR count). The first-order valence-electron chi connectivity index (χ1n) is 7.49. The van der Waals surface area contributed by atoms with Crippen molar-refractivity contribution in [3.05, 3.63) is 71.8 Å². The van der Waals surface area contributed by atoms with Crippen LogP contribution in [0.2, 0.25) is 0 Å². The Hall–Kier alpha value is -2.17. The Morgan fingerprint density at radius 3 is 1.74 bits per heavy atom. The van der Waals surface area contributed by atoms with Crippen LogP contribution in [0.15, 0.2) is 60.7 Å². The average molecular weight is 314 g/mol. The van der Waals surface area contributed by atoms with Gasteiger partial charge in [-0.15, -0.1) is 0 Å². The minimum absolute atomic E-state index is 0.462. The Balaban J connectivity index is 2.33. The molecule has 0 spiro atoms. The molecule has 0 bridgehead atoms. The summed E-state index contributed by atoms with van der Waals surface area (Å²) in [5.74, 6) is -1.03. The third-order valence-corrected chi connectivity index (χ3v) is 3.52. The van der Waals surface area contributed by atoms with Crippen molar-refractivity contribution in [2.75, 3.05) is 7.11 Å². The maximum Gasteiger partial charge on any atom is 0.320 e. The van der Waals surface area contributed by atoms with Crippen molar-refractivity contribution >= 4 is 5.97 Å². The number of hydrogen-bond donors (Lipinski definition) is 1. The summed E-state index contributed by atoms with van der Waals surface area (Å²) in [5.41, 5.74) is 0.367. The molecule has 0 aliphatic heterocycles. The fraction of sp³-hybridized carbons (Fsp3) is 0.316. The molecule has 0 amide bonds. The van der Waals surface area contributed by atoms with Gasteiger partial charge in [-0.1, -0.05) is 60.7 Å². The van der Waals surface area contributed by atoms with Gasteiger partial charge < -0.3 is 14.6 Å². The van der Waals surface area contributed by atoms with Gasteiger partial charge in [0.05, 0.1) is 0 Å². The standard InChI is InChI=1S/C19H22O4/c1-19(2,21)18(22-3)23-17(20)16(14-10-6-4-7-11-14)15-12-8-5-9-13-15/h4-13,16,18,21H,1-3H3. The van der Waals surface area contributed by atoms with Crippen LogP contribution in [-0.2, 0) is 14.3 Å². The molecule has 1 atom stereocenters. The quantitative estimate of drug-likeness (QED) is 0.657. The van der Waals surface area contributed by atoms with Gasteiger partial charge >= 0.3 is 5.97 Å². The molecule has 0 radical (unpaired) electrons. The second-order valence-corrected chi connectivity index (χ2v) is 5.91. The number of hydrogen-bond acceptors (Lipinski definition) is 4. The van der Waals surface area contributed by atoms with Gasteiger partial charge in [0.2, 0.25) is 6.29 Å². The van der Waals surface area contributed by atoms with E-state index in [0.717, 1.165) is 11.1 Å². The van der Waals surface area contributed by atoms with Crippen molar-refractivity contribution in [2.24, 2.45) is 0 Å². The molecule has 1 N–H and O–H groups in total. The lowest BCUT2D eigenvalue weighted by Crippen LogP contribution is -2.42. The van der Waals surface area contributed by atoms with Gasteiger partial charge in [0, 0.05) is 7.11 Å². The van der Waals surface area contributed by atoms with Crippen molar-refractivity contribution in [1.82, 2.24) is 0 Å². The number of aliphatic hydroxyl groups is 1. The Labute approximate surface area is 136 Å². The molecule has 0 aliphatic rings. The van der Waals surface area contributed by atoms with Crippen molar-refractivity contribution in [2.45, 2.75) is 31.7 Å². The van der Waals surface area contributed by atoms with Gasteiger partial charge in [-0.25, -0.2) is 0 Å². The maximum atomic E-state index is 12.7. The molecule has 1 unspecified atom stereocenters. The second kappa shape index (κ2) is 7.40. The lowest BCUT2D eigenvalue weighted by Gasteiger charge is -2.29. The van der Waals surface area contributed by atoms with Gasteiger partial charge in [0.25, 0.3) is 0 Å². The first-order valence-corrected chi connectivity index (χ1v) is 7.49. The number of esters is 1. The molecular weight excluding hydrogens is 292 g/mol. The van der Waals surface area contributed by atoms with Gasteiger partial charge in [0.15, 0.2) is 0 Å². The van der Waals surface area contributed by atoms with Crippen molar-refractivity contribution in [3.63, 3.8) is 0 Å². The predicted octanol–water partition coefficient (Wildman–Crippen LogP) is 3.11. The monoisotopic (exact) mass is 314 g/mol. The predicted molar refractivity (Wildman–Crippen MR) is 87.9 cm³/mol. The van der Waals surface area contributed by atoms with E-state index < -0.39 is 23.8 Å². The number of carbonyl (C=O) groups excluding carboxylic acids is 1. The molecule has 2 aromatic rings. The summed E-state index contributed by atoms with van der Waals surface area (Å²) in [6.45, 7) is 3.07. The first kappa shape index (κ1) is 17.2. The highest BCUT2D eigenvalue weighted by atomic mass is 16.7. The van der Waals surface area contributed by atoms with Gasteiger partial charge in [0.1, 0.15) is 11.5 Å². The van der Waals surface area contributed by atoms with E-state index in [0.29, 0.717) is 0 Å². The summed E-state index contributed by atoms with van der Waals surface area (Å²) in [6.07, 6.45) is -1.04.